The van der Waals surface area contributed by atoms with Gasteiger partial charge in [-0.25, -0.2) is 8.42 Å². The van der Waals surface area contributed by atoms with E-state index in [0.29, 0.717) is 17.9 Å². The summed E-state index contributed by atoms with van der Waals surface area (Å²) in [6.07, 6.45) is 1.03. The van der Waals surface area contributed by atoms with Gasteiger partial charge in [-0.15, -0.1) is 5.69 Å². The van der Waals surface area contributed by atoms with Gasteiger partial charge in [0, 0.05) is 11.3 Å². The number of nitrogens with zero attached hydrogens (tertiary/aromatic N) is 1. The largest absolute Gasteiger partial charge is 0.576 e. The molecule has 1 aromatic rings. The molecule has 6 nitrogen and oxygen atoms in total. The SMILES string of the molecule is Cc1c(OCC2=[NH+]CCN2)ccc(Cl)c1[N-]S(C)(=O)=O. The van der Waals surface area contributed by atoms with E-state index in [1.54, 1.807) is 19.1 Å². The molecule has 2 rings (SSSR count). The van der Waals surface area contributed by atoms with Crippen LogP contribution in [0.25, 0.3) is 4.72 Å². The summed E-state index contributed by atoms with van der Waals surface area (Å²) in [7, 11) is -3.51. The minimum Gasteiger partial charge on any atom is -0.576 e. The van der Waals surface area contributed by atoms with Gasteiger partial charge in [0.05, 0.1) is 10.0 Å². The van der Waals surface area contributed by atoms with Crippen LogP contribution in [0.2, 0.25) is 5.02 Å². The van der Waals surface area contributed by atoms with E-state index in [0.717, 1.165) is 25.2 Å². The number of hydrogen-bond acceptors (Lipinski definition) is 4. The smallest absolute Gasteiger partial charge is 0.281 e. The predicted octanol–water partition coefficient (Wildman–Crippen LogP) is 0.0743. The van der Waals surface area contributed by atoms with Gasteiger partial charge in [0.25, 0.3) is 5.84 Å². The second kappa shape index (κ2) is 5.88. The van der Waals surface area contributed by atoms with Crippen LogP contribution in [-0.4, -0.2) is 40.2 Å². The minimum absolute atomic E-state index is 0.226. The Morgan fingerprint density at radius 1 is 1.50 bits per heavy atom. The molecule has 8 heteroatoms. The van der Waals surface area contributed by atoms with Crippen LogP contribution >= 0.6 is 11.6 Å². The fourth-order valence-corrected chi connectivity index (χ4v) is 2.69. The van der Waals surface area contributed by atoms with E-state index in [2.05, 4.69) is 15.0 Å². The Labute approximate surface area is 123 Å². The third kappa shape index (κ3) is 3.77. The van der Waals surface area contributed by atoms with Crippen molar-refractivity contribution in [1.82, 2.24) is 5.32 Å². The van der Waals surface area contributed by atoms with E-state index < -0.39 is 10.0 Å². The molecule has 0 unspecified atom stereocenters. The molecule has 0 spiro atoms. The molecule has 0 saturated carbocycles. The lowest BCUT2D eigenvalue weighted by molar-refractivity contribution is -0.446. The van der Waals surface area contributed by atoms with Crippen LogP contribution in [-0.2, 0) is 10.0 Å². The van der Waals surface area contributed by atoms with Gasteiger partial charge >= 0.3 is 0 Å². The standard InChI is InChI=1S/C12H15ClN3O3S/c1-8-10(19-7-11-14-5-6-15-11)4-3-9(13)12(8)16-20(2,17)18/h3-4H,5-7H2,1-2H3,(H,14,15)/q-1/p+1. The topological polar surface area (TPSA) is 83.5 Å². The molecule has 1 aliphatic heterocycles. The van der Waals surface area contributed by atoms with Crippen molar-refractivity contribution in [2.24, 2.45) is 0 Å². The molecular formula is C12H16ClN3O3S. The zero-order chi connectivity index (χ0) is 14.8. The van der Waals surface area contributed by atoms with Gasteiger partial charge in [-0.05, 0) is 24.6 Å². The summed E-state index contributed by atoms with van der Waals surface area (Å²) in [4.78, 5) is 3.15. The van der Waals surface area contributed by atoms with Crippen LogP contribution in [0.4, 0.5) is 5.69 Å². The molecule has 1 heterocycles. The number of benzene rings is 1. The Morgan fingerprint density at radius 2 is 2.25 bits per heavy atom. The van der Waals surface area contributed by atoms with E-state index in [4.69, 9.17) is 16.3 Å². The van der Waals surface area contributed by atoms with E-state index in [1.165, 1.54) is 0 Å². The second-order valence-electron chi connectivity index (χ2n) is 4.46. The van der Waals surface area contributed by atoms with Crippen LogP contribution in [0, 0.1) is 6.92 Å². The molecule has 0 aromatic heterocycles. The van der Waals surface area contributed by atoms with Crippen molar-refractivity contribution in [2.75, 3.05) is 26.0 Å². The van der Waals surface area contributed by atoms with E-state index in [9.17, 15) is 8.42 Å². The Bertz CT molecular complexity index is 644. The molecule has 1 aliphatic rings. The van der Waals surface area contributed by atoms with Crippen molar-refractivity contribution in [1.29, 1.82) is 0 Å². The first-order valence-corrected chi connectivity index (χ1v) is 8.28. The lowest BCUT2D eigenvalue weighted by atomic mass is 10.2. The molecule has 0 saturated heterocycles. The Kier molecular flexibility index (Phi) is 4.39. The lowest BCUT2D eigenvalue weighted by Crippen LogP contribution is -2.71. The quantitative estimate of drug-likeness (QED) is 0.805. The molecule has 0 amide bonds. The van der Waals surface area contributed by atoms with Crippen molar-refractivity contribution < 1.29 is 18.1 Å². The number of rotatable bonds is 5. The van der Waals surface area contributed by atoms with Crippen molar-refractivity contribution in [3.05, 3.63) is 27.4 Å². The number of hydrogen-bond donors (Lipinski definition) is 2. The number of halogens is 1. The fraction of sp³-hybridized carbons (Fsp3) is 0.417. The van der Waals surface area contributed by atoms with Crippen molar-refractivity contribution in [3.63, 3.8) is 0 Å². The average molecular weight is 318 g/mol. The van der Waals surface area contributed by atoms with Gasteiger partial charge in [0.2, 0.25) is 0 Å². The van der Waals surface area contributed by atoms with Gasteiger partial charge in [0.1, 0.15) is 18.8 Å². The molecule has 0 bridgehead atoms. The van der Waals surface area contributed by atoms with Crippen molar-refractivity contribution in [2.45, 2.75) is 6.92 Å². The summed E-state index contributed by atoms with van der Waals surface area (Å²) in [5.41, 5.74) is 0.825. The highest BCUT2D eigenvalue weighted by Gasteiger charge is 2.14. The van der Waals surface area contributed by atoms with Crippen molar-refractivity contribution >= 4 is 33.1 Å². The van der Waals surface area contributed by atoms with Crippen LogP contribution in [0.15, 0.2) is 12.1 Å². The fourth-order valence-electron chi connectivity index (χ4n) is 1.82. The normalized spacial score (nSPS) is 14.7. The lowest BCUT2D eigenvalue weighted by Gasteiger charge is -2.24. The van der Waals surface area contributed by atoms with Gasteiger partial charge in [0.15, 0.2) is 6.61 Å². The average Bonchev–Trinajstić information content (AvgIpc) is 2.85. The van der Waals surface area contributed by atoms with Crippen LogP contribution < -0.4 is 15.0 Å². The summed E-state index contributed by atoms with van der Waals surface area (Å²) in [5, 5.41) is 3.43. The van der Waals surface area contributed by atoms with Crippen LogP contribution in [0.5, 0.6) is 5.75 Å². The molecule has 110 valence electrons. The highest BCUT2D eigenvalue weighted by Crippen LogP contribution is 2.39. The van der Waals surface area contributed by atoms with Crippen LogP contribution in [0.1, 0.15) is 5.56 Å². The summed E-state index contributed by atoms with van der Waals surface area (Å²) in [6, 6.07) is 3.28. The van der Waals surface area contributed by atoms with E-state index in [-0.39, 0.29) is 10.7 Å². The van der Waals surface area contributed by atoms with Crippen molar-refractivity contribution in [3.8, 4) is 5.75 Å². The first-order valence-electron chi connectivity index (χ1n) is 6.05. The number of nitrogens with one attached hydrogen (secondary N) is 2. The number of amidine groups is 1. The highest BCUT2D eigenvalue weighted by molar-refractivity contribution is 7.93. The maximum atomic E-state index is 11.3. The zero-order valence-electron chi connectivity index (χ0n) is 11.2. The zero-order valence-corrected chi connectivity index (χ0v) is 12.8. The number of sulfonamides is 1. The van der Waals surface area contributed by atoms with Gasteiger partial charge in [-0.2, -0.15) is 0 Å². The molecule has 0 aliphatic carbocycles. The van der Waals surface area contributed by atoms with Gasteiger partial charge in [-0.1, -0.05) is 11.6 Å². The molecule has 2 N–H and O–H groups in total. The Morgan fingerprint density at radius 3 is 2.85 bits per heavy atom. The number of ether oxygens (including phenoxy) is 1. The Hall–Kier alpha value is -1.47. The second-order valence-corrected chi connectivity index (χ2v) is 6.52. The molecule has 0 radical (unpaired) electrons. The maximum Gasteiger partial charge on any atom is 0.281 e. The maximum absolute atomic E-state index is 11.3. The van der Waals surface area contributed by atoms with Gasteiger partial charge in [-0.3, -0.25) is 10.3 Å². The monoisotopic (exact) mass is 317 g/mol. The van der Waals surface area contributed by atoms with Gasteiger partial charge < -0.3 is 9.46 Å². The molecule has 1 aromatic carbocycles. The first-order chi connectivity index (χ1) is 9.37. The predicted molar refractivity (Wildman–Crippen MR) is 78.4 cm³/mol. The minimum atomic E-state index is -3.51. The summed E-state index contributed by atoms with van der Waals surface area (Å²) in [5.74, 6) is 1.46. The first kappa shape index (κ1) is 14.9. The molecular weight excluding hydrogens is 302 g/mol. The van der Waals surface area contributed by atoms with Crippen LogP contribution in [0.3, 0.4) is 0 Å². The third-order valence-electron chi connectivity index (χ3n) is 2.76. The van der Waals surface area contributed by atoms with E-state index >= 15 is 0 Å². The summed E-state index contributed by atoms with van der Waals surface area (Å²) in [6.45, 7) is 3.83. The summed E-state index contributed by atoms with van der Waals surface area (Å²) >= 11 is 5.99. The molecule has 20 heavy (non-hydrogen) atoms. The molecule has 0 atom stereocenters. The van der Waals surface area contributed by atoms with E-state index in [1.807, 2.05) is 0 Å². The Balaban J connectivity index is 2.19. The highest BCUT2D eigenvalue weighted by atomic mass is 35.5. The molecule has 0 fully saturated rings. The third-order valence-corrected chi connectivity index (χ3v) is 3.58. The summed E-state index contributed by atoms with van der Waals surface area (Å²) < 4.78 is 31.9.